The third-order valence-corrected chi connectivity index (χ3v) is 7.10. The minimum absolute atomic E-state index is 0.0167. The molecule has 0 saturated carbocycles. The monoisotopic (exact) mass is 515 g/mol. The second-order valence-electron chi connectivity index (χ2n) is 8.64. The Morgan fingerprint density at radius 3 is 2.20 bits per heavy atom. The summed E-state index contributed by atoms with van der Waals surface area (Å²) in [6.45, 7) is 13.2. The van der Waals surface area contributed by atoms with Crippen LogP contribution in [0.3, 0.4) is 0 Å². The van der Waals surface area contributed by atoms with Gasteiger partial charge in [0.1, 0.15) is 5.82 Å². The van der Waals surface area contributed by atoms with Crippen molar-refractivity contribution in [3.63, 3.8) is 0 Å². The number of amides is 1. The molecule has 0 aliphatic carbocycles. The summed E-state index contributed by atoms with van der Waals surface area (Å²) in [6.07, 6.45) is 0.597. The topological polar surface area (TPSA) is 78.7 Å². The smallest absolute Gasteiger partial charge is 0.278 e. The van der Waals surface area contributed by atoms with Crippen molar-refractivity contribution in [2.45, 2.75) is 46.1 Å². The molecule has 1 aromatic rings. The van der Waals surface area contributed by atoms with Crippen LogP contribution in [0.2, 0.25) is 5.02 Å². The predicted octanol–water partition coefficient (Wildman–Crippen LogP) is 1.61. The molecule has 1 saturated heterocycles. The van der Waals surface area contributed by atoms with E-state index in [2.05, 4.69) is 20.8 Å². The molecule has 35 heavy (non-hydrogen) atoms. The van der Waals surface area contributed by atoms with E-state index in [4.69, 9.17) is 26.0 Å². The van der Waals surface area contributed by atoms with Crippen LogP contribution < -0.4 is 10.0 Å². The number of benzene rings is 1. The highest BCUT2D eigenvalue weighted by atomic mass is 35.5. The second-order valence-corrected chi connectivity index (χ2v) is 9.04. The lowest BCUT2D eigenvalue weighted by atomic mass is 9.86. The molecule has 2 heterocycles. The third-order valence-electron chi connectivity index (χ3n) is 6.79. The van der Waals surface area contributed by atoms with Crippen molar-refractivity contribution in [1.82, 2.24) is 10.1 Å². The molecule has 2 aliphatic heterocycles. The maximum Gasteiger partial charge on any atom is 0.278 e. The number of halogens is 2. The van der Waals surface area contributed by atoms with Gasteiger partial charge in [-0.25, -0.2) is 9.45 Å². The summed E-state index contributed by atoms with van der Waals surface area (Å²) in [5, 5.41) is 16.3. The molecule has 198 valence electrons. The van der Waals surface area contributed by atoms with Crippen molar-refractivity contribution < 1.29 is 33.6 Å². The van der Waals surface area contributed by atoms with Gasteiger partial charge in [0.25, 0.3) is 5.91 Å². The van der Waals surface area contributed by atoms with Crippen LogP contribution in [0.15, 0.2) is 17.9 Å². The molecule has 0 atom stereocenters. The summed E-state index contributed by atoms with van der Waals surface area (Å²) in [7, 11) is 3.05. The number of hydrogen-bond acceptors (Lipinski definition) is 6. The van der Waals surface area contributed by atoms with E-state index < -0.39 is 23.0 Å². The lowest BCUT2D eigenvalue weighted by Crippen LogP contribution is -3.11. The van der Waals surface area contributed by atoms with Crippen molar-refractivity contribution in [2.75, 3.05) is 60.2 Å². The first-order valence-corrected chi connectivity index (χ1v) is 12.6. The number of methoxy groups -OCH3 is 1. The van der Waals surface area contributed by atoms with Gasteiger partial charge in [0.05, 0.1) is 50.5 Å². The Hall–Kier alpha value is -1.75. The fourth-order valence-corrected chi connectivity index (χ4v) is 4.68. The van der Waals surface area contributed by atoms with E-state index in [1.165, 1.54) is 38.9 Å². The Bertz CT molecular complexity index is 881. The minimum Gasteiger partial charge on any atom is -0.873 e. The molecule has 10 heteroatoms. The number of ether oxygens (including phenoxy) is 1. The van der Waals surface area contributed by atoms with Crippen LogP contribution in [0, 0.1) is 12.7 Å². The second kappa shape index (κ2) is 13.5. The van der Waals surface area contributed by atoms with E-state index in [-0.39, 0.29) is 29.4 Å². The summed E-state index contributed by atoms with van der Waals surface area (Å²) in [5.74, 6) is -1.83. The van der Waals surface area contributed by atoms with E-state index in [0.29, 0.717) is 31.5 Å². The average Bonchev–Trinajstić information content (AvgIpc) is 3.05. The Kier molecular flexibility index (Phi) is 11.4. The number of aryl methyl sites for hydroxylation is 1. The maximum absolute atomic E-state index is 14.8. The van der Waals surface area contributed by atoms with Gasteiger partial charge >= 0.3 is 0 Å². The highest BCUT2D eigenvalue weighted by molar-refractivity contribution is 6.35. The number of piperidine rings is 1. The van der Waals surface area contributed by atoms with Crippen LogP contribution in [0.1, 0.15) is 44.7 Å². The molecule has 8 nitrogen and oxygen atoms in total. The zero-order chi connectivity index (χ0) is 26.2. The van der Waals surface area contributed by atoms with Crippen molar-refractivity contribution in [3.05, 3.63) is 39.9 Å². The Balaban J connectivity index is 0.000000540. The zero-order valence-corrected chi connectivity index (χ0v) is 22.5. The van der Waals surface area contributed by atoms with Crippen LogP contribution in [0.4, 0.5) is 4.39 Å². The van der Waals surface area contributed by atoms with Gasteiger partial charge in [-0.1, -0.05) is 23.4 Å². The number of hydroxylamine groups is 4. The van der Waals surface area contributed by atoms with Crippen LogP contribution in [0.5, 0.6) is 0 Å². The van der Waals surface area contributed by atoms with Crippen molar-refractivity contribution in [3.8, 4) is 0 Å². The number of hydrogen-bond donors (Lipinski definition) is 1. The first-order valence-electron chi connectivity index (χ1n) is 12.2. The fourth-order valence-electron chi connectivity index (χ4n) is 4.44. The standard InChI is InChI=1S/C19H24ClFN2O5.C6H15N/c1-12-4-5-13(20)14(16(12)21)15-17(24)19(6-8-22(27-3)9-7-19)23(18(15)25)28-11-10-26-2;1-4-7(5-2)6-3/h4-5,24H,6-11H2,1-3H3;4-6H2,1-3H3. The molecular weight excluding hydrogens is 477 g/mol. The summed E-state index contributed by atoms with van der Waals surface area (Å²) in [4.78, 5) is 25.7. The minimum atomic E-state index is -1.21. The predicted molar refractivity (Wildman–Crippen MR) is 131 cm³/mol. The molecule has 1 spiro atoms. The highest BCUT2D eigenvalue weighted by Crippen LogP contribution is 2.46. The molecule has 1 fully saturated rings. The first-order chi connectivity index (χ1) is 16.7. The number of nitrogens with zero attached hydrogens (tertiary/aromatic N) is 2. The molecule has 0 radical (unpaired) electrons. The van der Waals surface area contributed by atoms with E-state index in [1.54, 1.807) is 24.0 Å². The molecule has 3 rings (SSSR count). The van der Waals surface area contributed by atoms with Gasteiger partial charge in [-0.2, -0.15) is 5.06 Å². The van der Waals surface area contributed by atoms with Crippen LogP contribution >= 0.6 is 11.6 Å². The quantitative estimate of drug-likeness (QED) is 0.503. The van der Waals surface area contributed by atoms with E-state index in [0.717, 1.165) is 5.06 Å². The van der Waals surface area contributed by atoms with Gasteiger partial charge in [0.2, 0.25) is 0 Å². The number of carbonyl (C=O) groups is 1. The van der Waals surface area contributed by atoms with Gasteiger partial charge in [0, 0.05) is 31.3 Å². The Morgan fingerprint density at radius 1 is 1.11 bits per heavy atom. The molecule has 1 aromatic carbocycles. The first kappa shape index (κ1) is 29.5. The Morgan fingerprint density at radius 2 is 1.71 bits per heavy atom. The molecule has 0 bridgehead atoms. The molecule has 0 aromatic heterocycles. The van der Waals surface area contributed by atoms with Gasteiger partial charge in [-0.15, -0.1) is 0 Å². The molecule has 2 aliphatic rings. The lowest BCUT2D eigenvalue weighted by Gasteiger charge is -2.46. The number of carbonyl (C=O) groups excluding carboxylic acids is 1. The van der Waals surface area contributed by atoms with Crippen molar-refractivity contribution in [1.29, 1.82) is 0 Å². The van der Waals surface area contributed by atoms with Crippen LogP contribution in [0.25, 0.3) is 5.57 Å². The fraction of sp³-hybridized carbons (Fsp3) is 0.640. The van der Waals surface area contributed by atoms with Crippen molar-refractivity contribution in [2.24, 2.45) is 0 Å². The highest BCUT2D eigenvalue weighted by Gasteiger charge is 2.51. The number of quaternary nitrogens is 1. The van der Waals surface area contributed by atoms with Crippen LogP contribution in [-0.2, 0) is 19.2 Å². The molecule has 1 N–H and O–H groups in total. The molecule has 1 amide bonds. The lowest BCUT2D eigenvalue weighted by molar-refractivity contribution is -0.894. The molecular formula is C25H39ClFN3O5. The maximum atomic E-state index is 14.8. The van der Waals surface area contributed by atoms with Gasteiger partial charge in [-0.3, -0.25) is 9.63 Å². The number of nitrogens with one attached hydrogen (secondary N) is 1. The van der Waals surface area contributed by atoms with E-state index in [1.807, 2.05) is 0 Å². The third kappa shape index (κ3) is 6.34. The summed E-state index contributed by atoms with van der Waals surface area (Å²) < 4.78 is 19.8. The van der Waals surface area contributed by atoms with Gasteiger partial charge < -0.3 is 19.6 Å². The largest absolute Gasteiger partial charge is 0.873 e. The Labute approximate surface area is 213 Å². The normalized spacial score (nSPS) is 18.0. The summed E-state index contributed by atoms with van der Waals surface area (Å²) >= 11 is 6.19. The van der Waals surface area contributed by atoms with E-state index >= 15 is 0 Å². The van der Waals surface area contributed by atoms with E-state index in [9.17, 15) is 14.3 Å². The van der Waals surface area contributed by atoms with Gasteiger partial charge in [-0.05, 0) is 52.2 Å². The zero-order valence-electron chi connectivity index (χ0n) is 21.7. The average molecular weight is 516 g/mol. The van der Waals surface area contributed by atoms with Crippen molar-refractivity contribution >= 4 is 23.1 Å². The SMILES string of the molecule is CC[NH+](CC)CC.COCCON1C(=O)C(c2c(Cl)ccc(C)c2F)=C([O-])C12CCN(OC)CC2. The number of rotatable bonds is 9. The summed E-state index contributed by atoms with van der Waals surface area (Å²) in [5.41, 5.74) is -1.35. The summed E-state index contributed by atoms with van der Waals surface area (Å²) in [6, 6.07) is 2.99. The molecule has 0 unspecified atom stereocenters. The van der Waals surface area contributed by atoms with Crippen LogP contribution in [-0.4, -0.2) is 81.7 Å². The van der Waals surface area contributed by atoms with Gasteiger partial charge in [0.15, 0.2) is 0 Å².